The lowest BCUT2D eigenvalue weighted by atomic mass is 9.61. The van der Waals surface area contributed by atoms with Gasteiger partial charge in [0.25, 0.3) is 5.91 Å². The molecular weight excluding hydrogens is 512 g/mol. The highest BCUT2D eigenvalue weighted by atomic mass is 16.5. The largest absolute Gasteiger partial charge is 0.392 e. The van der Waals surface area contributed by atoms with Crippen molar-refractivity contribution in [3.63, 3.8) is 0 Å². The van der Waals surface area contributed by atoms with Gasteiger partial charge in [0.05, 0.1) is 12.6 Å². The Kier molecular flexibility index (Phi) is 7.43. The van der Waals surface area contributed by atoms with Gasteiger partial charge in [-0.1, -0.05) is 91.0 Å². The molecule has 0 aliphatic carbocycles. The summed E-state index contributed by atoms with van der Waals surface area (Å²) in [7, 11) is 1.67. The molecule has 1 spiro atoms. The molecular formula is C35H34N2O4. The zero-order valence-electron chi connectivity index (χ0n) is 23.2. The molecule has 2 aliphatic heterocycles. The second kappa shape index (κ2) is 11.3. The Morgan fingerprint density at radius 3 is 2.32 bits per heavy atom. The zero-order valence-corrected chi connectivity index (χ0v) is 23.2. The molecule has 6 nitrogen and oxygen atoms in total. The van der Waals surface area contributed by atoms with Crippen molar-refractivity contribution in [2.24, 2.45) is 0 Å². The summed E-state index contributed by atoms with van der Waals surface area (Å²) in [6.45, 7) is 1.34. The van der Waals surface area contributed by atoms with Crippen LogP contribution in [0.5, 0.6) is 0 Å². The second-order valence-corrected chi connectivity index (χ2v) is 10.8. The molecule has 0 bridgehead atoms. The van der Waals surface area contributed by atoms with Crippen LogP contribution in [0.15, 0.2) is 103 Å². The molecule has 2 aliphatic rings. The van der Waals surface area contributed by atoms with E-state index in [0.29, 0.717) is 38.1 Å². The first kappa shape index (κ1) is 26.9. The summed E-state index contributed by atoms with van der Waals surface area (Å²) in [5.74, 6) is -0.106. The van der Waals surface area contributed by atoms with Crippen LogP contribution in [0.1, 0.15) is 50.6 Å². The van der Waals surface area contributed by atoms with Gasteiger partial charge in [0, 0.05) is 38.1 Å². The molecule has 2 heterocycles. The Bertz CT molecular complexity index is 1550. The Morgan fingerprint density at radius 1 is 0.854 bits per heavy atom. The normalized spacial score (nSPS) is 19.8. The first-order valence-corrected chi connectivity index (χ1v) is 14.1. The van der Waals surface area contributed by atoms with Crippen molar-refractivity contribution in [2.75, 3.05) is 25.2 Å². The number of hydrogen-bond acceptors (Lipinski definition) is 4. The van der Waals surface area contributed by atoms with E-state index in [2.05, 4.69) is 6.07 Å². The molecule has 0 fully saturated rings. The van der Waals surface area contributed by atoms with Gasteiger partial charge in [-0.3, -0.25) is 9.59 Å². The number of aliphatic hydroxyl groups is 1. The first-order chi connectivity index (χ1) is 20.1. The fourth-order valence-corrected chi connectivity index (χ4v) is 6.62. The van der Waals surface area contributed by atoms with Crippen LogP contribution < -0.4 is 4.90 Å². The highest BCUT2D eigenvalue weighted by molar-refractivity contribution is 6.09. The van der Waals surface area contributed by atoms with Gasteiger partial charge in [-0.2, -0.15) is 0 Å². The van der Waals surface area contributed by atoms with E-state index in [-0.39, 0.29) is 18.4 Å². The summed E-state index contributed by atoms with van der Waals surface area (Å²) in [6, 6.07) is 32.8. The second-order valence-electron chi connectivity index (χ2n) is 10.8. The van der Waals surface area contributed by atoms with Crippen LogP contribution in [-0.2, 0) is 34.5 Å². The Balaban J connectivity index is 1.61. The van der Waals surface area contributed by atoms with Gasteiger partial charge < -0.3 is 19.6 Å². The molecule has 6 heteroatoms. The van der Waals surface area contributed by atoms with E-state index in [1.807, 2.05) is 107 Å². The van der Waals surface area contributed by atoms with E-state index in [4.69, 9.17) is 4.74 Å². The average Bonchev–Trinajstić information content (AvgIpc) is 3.02. The summed E-state index contributed by atoms with van der Waals surface area (Å²) < 4.78 is 5.35. The van der Waals surface area contributed by atoms with Crippen molar-refractivity contribution in [3.8, 4) is 0 Å². The molecule has 2 amide bonds. The summed E-state index contributed by atoms with van der Waals surface area (Å²) in [4.78, 5) is 33.3. The minimum absolute atomic E-state index is 0.0125. The number of benzene rings is 4. The number of hydrogen-bond donors (Lipinski definition) is 1. The standard InChI is InChI=1S/C35H34N2O4/c1-41-21-9-20-36-31-15-8-5-12-28(31)22-35(34(36)40)30-14-7-6-13-29(30)33(39)37(23-25-10-3-2-4-11-25)32(35)27-18-16-26(24-38)17-19-27/h2-8,10-19,32,38H,9,20-24H2,1H3/t32-,35-/m0/s1. The van der Waals surface area contributed by atoms with Gasteiger partial charge >= 0.3 is 0 Å². The van der Waals surface area contributed by atoms with Crippen LogP contribution in [0, 0.1) is 0 Å². The molecule has 6 rings (SSSR count). The van der Waals surface area contributed by atoms with E-state index in [9.17, 15) is 9.90 Å². The third-order valence-corrected chi connectivity index (χ3v) is 8.46. The average molecular weight is 547 g/mol. The van der Waals surface area contributed by atoms with Gasteiger partial charge in [-0.05, 0) is 52.8 Å². The van der Waals surface area contributed by atoms with Crippen LogP contribution in [-0.4, -0.2) is 42.1 Å². The van der Waals surface area contributed by atoms with E-state index >= 15 is 4.79 Å². The molecule has 0 unspecified atom stereocenters. The quantitative estimate of drug-likeness (QED) is 0.299. The Morgan fingerprint density at radius 2 is 1.56 bits per heavy atom. The van der Waals surface area contributed by atoms with Gasteiger partial charge in [0.15, 0.2) is 0 Å². The van der Waals surface area contributed by atoms with Crippen molar-refractivity contribution in [2.45, 2.75) is 37.5 Å². The third kappa shape index (κ3) is 4.63. The summed E-state index contributed by atoms with van der Waals surface area (Å²) in [5, 5.41) is 9.75. The van der Waals surface area contributed by atoms with Crippen molar-refractivity contribution in [1.29, 1.82) is 0 Å². The Hall–Kier alpha value is -4.26. The molecule has 4 aromatic rings. The van der Waals surface area contributed by atoms with Crippen LogP contribution in [0.2, 0.25) is 0 Å². The van der Waals surface area contributed by atoms with Gasteiger partial charge in [0.1, 0.15) is 5.41 Å². The zero-order chi connectivity index (χ0) is 28.4. The van der Waals surface area contributed by atoms with Crippen molar-refractivity contribution in [3.05, 3.63) is 137 Å². The van der Waals surface area contributed by atoms with Crippen LogP contribution in [0.25, 0.3) is 0 Å². The topological polar surface area (TPSA) is 70.1 Å². The number of anilines is 1. The maximum Gasteiger partial charge on any atom is 0.255 e. The number of ether oxygens (including phenoxy) is 1. The smallest absolute Gasteiger partial charge is 0.255 e. The van der Waals surface area contributed by atoms with Crippen molar-refractivity contribution < 1.29 is 19.4 Å². The maximum absolute atomic E-state index is 15.1. The summed E-state index contributed by atoms with van der Waals surface area (Å²) >= 11 is 0. The van der Waals surface area contributed by atoms with E-state index in [1.165, 1.54) is 0 Å². The number of carbonyl (C=O) groups excluding carboxylic acids is 2. The predicted octanol–water partition coefficient (Wildman–Crippen LogP) is 5.44. The fraction of sp³-hybridized carbons (Fsp3) is 0.257. The number of rotatable bonds is 8. The number of carbonyl (C=O) groups is 2. The van der Waals surface area contributed by atoms with Crippen molar-refractivity contribution >= 4 is 17.5 Å². The molecule has 208 valence electrons. The van der Waals surface area contributed by atoms with Gasteiger partial charge in [0.2, 0.25) is 5.91 Å². The van der Waals surface area contributed by atoms with Gasteiger partial charge in [-0.25, -0.2) is 0 Å². The minimum Gasteiger partial charge on any atom is -0.392 e. The first-order valence-electron chi connectivity index (χ1n) is 14.1. The van der Waals surface area contributed by atoms with Crippen LogP contribution in [0.4, 0.5) is 5.69 Å². The summed E-state index contributed by atoms with van der Waals surface area (Å²) in [5.41, 5.74) is 4.91. The van der Waals surface area contributed by atoms with Gasteiger partial charge in [-0.15, -0.1) is 0 Å². The predicted molar refractivity (Wildman–Crippen MR) is 159 cm³/mol. The number of nitrogens with zero attached hydrogens (tertiary/aromatic N) is 2. The van der Waals surface area contributed by atoms with E-state index < -0.39 is 11.5 Å². The maximum atomic E-state index is 15.1. The highest BCUT2D eigenvalue weighted by Crippen LogP contribution is 2.54. The molecule has 0 saturated carbocycles. The van der Waals surface area contributed by atoms with Crippen LogP contribution >= 0.6 is 0 Å². The van der Waals surface area contributed by atoms with Crippen LogP contribution in [0.3, 0.4) is 0 Å². The van der Waals surface area contributed by atoms with E-state index in [0.717, 1.165) is 33.5 Å². The monoisotopic (exact) mass is 546 g/mol. The molecule has 0 aromatic heterocycles. The van der Waals surface area contributed by atoms with Crippen molar-refractivity contribution in [1.82, 2.24) is 4.90 Å². The molecule has 0 radical (unpaired) electrons. The lowest BCUT2D eigenvalue weighted by Crippen LogP contribution is -2.62. The summed E-state index contributed by atoms with van der Waals surface area (Å²) in [6.07, 6.45) is 1.15. The molecule has 0 saturated heterocycles. The number of para-hydroxylation sites is 1. The molecule has 2 atom stereocenters. The molecule has 1 N–H and O–H groups in total. The lowest BCUT2D eigenvalue weighted by molar-refractivity contribution is -0.128. The SMILES string of the molecule is COCCCN1C(=O)[C@@]2(Cc3ccccc31)c1ccccc1C(=O)N(Cc1ccccc1)[C@H]2c1ccc(CO)cc1. The molecule has 4 aromatic carbocycles. The number of methoxy groups -OCH3 is 1. The number of aliphatic hydroxyl groups excluding tert-OH is 1. The fourth-order valence-electron chi connectivity index (χ4n) is 6.62. The number of fused-ring (bicyclic) bond motifs is 3. The minimum atomic E-state index is -1.05. The van der Waals surface area contributed by atoms with E-state index in [1.54, 1.807) is 7.11 Å². The third-order valence-electron chi connectivity index (χ3n) is 8.46. The highest BCUT2D eigenvalue weighted by Gasteiger charge is 2.59. The Labute approximate surface area is 240 Å². The lowest BCUT2D eigenvalue weighted by Gasteiger charge is -2.53. The molecule has 41 heavy (non-hydrogen) atoms. The number of amides is 2.